The first-order valence-corrected chi connectivity index (χ1v) is 8.17. The number of pyridine rings is 1. The number of carbonyl (C=O) groups is 1. The quantitative estimate of drug-likeness (QED) is 0.653. The summed E-state index contributed by atoms with van der Waals surface area (Å²) in [6, 6.07) is 3.31. The molecule has 1 aromatic heterocycles. The zero-order chi connectivity index (χ0) is 16.1. The van der Waals surface area contributed by atoms with Crippen LogP contribution in [-0.2, 0) is 14.8 Å². The summed E-state index contributed by atoms with van der Waals surface area (Å²) in [5.74, 6) is -0.574. The second kappa shape index (κ2) is 6.86. The van der Waals surface area contributed by atoms with Crippen molar-refractivity contribution in [2.45, 2.75) is 32.2 Å². The molecule has 1 aromatic rings. The number of anilines is 1. The van der Waals surface area contributed by atoms with Gasteiger partial charge in [0.15, 0.2) is 5.03 Å². The number of nitrogens with two attached hydrogens (primary N) is 1. The van der Waals surface area contributed by atoms with Crippen LogP contribution in [0.5, 0.6) is 0 Å². The second-order valence-corrected chi connectivity index (χ2v) is 7.04. The molecule has 0 atom stereocenters. The molecule has 8 heteroatoms. The Bertz CT molecular complexity index is 599. The third kappa shape index (κ3) is 4.68. The Kier molecular flexibility index (Phi) is 5.68. The molecule has 0 aliphatic heterocycles. The SMILES string of the molecule is CCCNc1cccnc1S(=O)(=O)NCC(C)(C)C(N)=O. The lowest BCUT2D eigenvalue weighted by molar-refractivity contribution is -0.125. The highest BCUT2D eigenvalue weighted by atomic mass is 32.2. The monoisotopic (exact) mass is 314 g/mol. The first-order valence-electron chi connectivity index (χ1n) is 6.69. The van der Waals surface area contributed by atoms with Gasteiger partial charge in [-0.15, -0.1) is 0 Å². The van der Waals surface area contributed by atoms with E-state index in [0.29, 0.717) is 12.2 Å². The third-order valence-electron chi connectivity index (χ3n) is 2.96. The summed E-state index contributed by atoms with van der Waals surface area (Å²) in [6.45, 7) is 5.68. The molecule has 0 bridgehead atoms. The van der Waals surface area contributed by atoms with Crippen molar-refractivity contribution in [1.29, 1.82) is 0 Å². The number of amides is 1. The van der Waals surface area contributed by atoms with Crippen LogP contribution in [0.25, 0.3) is 0 Å². The number of aromatic nitrogens is 1. The Morgan fingerprint density at radius 2 is 2.10 bits per heavy atom. The molecule has 0 aliphatic carbocycles. The molecular weight excluding hydrogens is 292 g/mol. The van der Waals surface area contributed by atoms with Gasteiger partial charge >= 0.3 is 0 Å². The number of sulfonamides is 1. The van der Waals surface area contributed by atoms with Gasteiger partial charge in [-0.25, -0.2) is 18.1 Å². The third-order valence-corrected chi connectivity index (χ3v) is 4.32. The molecular formula is C13H22N4O3S. The van der Waals surface area contributed by atoms with Crippen molar-refractivity contribution in [3.63, 3.8) is 0 Å². The number of nitrogens with one attached hydrogen (secondary N) is 2. The van der Waals surface area contributed by atoms with Gasteiger partial charge in [-0.2, -0.15) is 0 Å². The highest BCUT2D eigenvalue weighted by Gasteiger charge is 2.29. The van der Waals surface area contributed by atoms with Crippen LogP contribution >= 0.6 is 0 Å². The molecule has 1 rings (SSSR count). The fraction of sp³-hybridized carbons (Fsp3) is 0.538. The highest BCUT2D eigenvalue weighted by molar-refractivity contribution is 7.89. The van der Waals surface area contributed by atoms with Crippen molar-refractivity contribution in [1.82, 2.24) is 9.71 Å². The van der Waals surface area contributed by atoms with Gasteiger partial charge in [0, 0.05) is 19.3 Å². The molecule has 1 amide bonds. The topological polar surface area (TPSA) is 114 Å². The molecule has 0 unspecified atom stereocenters. The van der Waals surface area contributed by atoms with E-state index >= 15 is 0 Å². The van der Waals surface area contributed by atoms with Crippen LogP contribution in [0, 0.1) is 5.41 Å². The minimum atomic E-state index is -3.82. The van der Waals surface area contributed by atoms with Crippen LogP contribution in [0.3, 0.4) is 0 Å². The van der Waals surface area contributed by atoms with Gasteiger partial charge in [0.2, 0.25) is 5.91 Å². The fourth-order valence-electron chi connectivity index (χ4n) is 1.43. The van der Waals surface area contributed by atoms with E-state index < -0.39 is 21.3 Å². The standard InChI is InChI=1S/C13H22N4O3S/c1-4-7-15-10-6-5-8-16-11(10)21(19,20)17-9-13(2,3)12(14)18/h5-6,8,15,17H,4,7,9H2,1-3H3,(H2,14,18). The maximum atomic E-state index is 12.3. The largest absolute Gasteiger partial charge is 0.383 e. The molecule has 0 radical (unpaired) electrons. The van der Waals surface area contributed by atoms with Crippen LogP contribution in [0.2, 0.25) is 0 Å². The lowest BCUT2D eigenvalue weighted by Crippen LogP contribution is -2.42. The Morgan fingerprint density at radius 1 is 1.43 bits per heavy atom. The van der Waals surface area contributed by atoms with E-state index in [9.17, 15) is 13.2 Å². The van der Waals surface area contributed by atoms with Crippen molar-refractivity contribution in [3.05, 3.63) is 18.3 Å². The number of carbonyl (C=O) groups excluding carboxylic acids is 1. The van der Waals surface area contributed by atoms with Gasteiger partial charge in [-0.1, -0.05) is 6.92 Å². The van der Waals surface area contributed by atoms with Gasteiger partial charge < -0.3 is 11.1 Å². The van der Waals surface area contributed by atoms with E-state index in [1.165, 1.54) is 6.20 Å². The molecule has 0 aromatic carbocycles. The smallest absolute Gasteiger partial charge is 0.260 e. The summed E-state index contributed by atoms with van der Waals surface area (Å²) in [6.07, 6.45) is 2.27. The Hall–Kier alpha value is -1.67. The Labute approximate surface area is 125 Å². The highest BCUT2D eigenvalue weighted by Crippen LogP contribution is 2.19. The molecule has 4 N–H and O–H groups in total. The molecule has 0 aliphatic rings. The number of primary amides is 1. The first kappa shape index (κ1) is 17.4. The van der Waals surface area contributed by atoms with Gasteiger partial charge in [0.25, 0.3) is 10.0 Å². The number of rotatable bonds is 8. The molecule has 0 spiro atoms. The van der Waals surface area contributed by atoms with E-state index in [2.05, 4.69) is 15.0 Å². The summed E-state index contributed by atoms with van der Waals surface area (Å²) >= 11 is 0. The summed E-state index contributed by atoms with van der Waals surface area (Å²) in [7, 11) is -3.82. The van der Waals surface area contributed by atoms with Crippen molar-refractivity contribution >= 4 is 21.6 Å². The molecule has 0 fully saturated rings. The Balaban J connectivity index is 2.96. The summed E-state index contributed by atoms with van der Waals surface area (Å²) in [5.41, 5.74) is 4.69. The molecule has 21 heavy (non-hydrogen) atoms. The average molecular weight is 314 g/mol. The van der Waals surface area contributed by atoms with Crippen LogP contribution in [0.1, 0.15) is 27.2 Å². The van der Waals surface area contributed by atoms with E-state index in [1.54, 1.807) is 26.0 Å². The first-order chi connectivity index (χ1) is 9.70. The van der Waals surface area contributed by atoms with Gasteiger partial charge in [0.05, 0.1) is 11.1 Å². The van der Waals surface area contributed by atoms with E-state index in [-0.39, 0.29) is 11.6 Å². The van der Waals surface area contributed by atoms with Crippen molar-refractivity contribution in [3.8, 4) is 0 Å². The molecule has 0 saturated heterocycles. The zero-order valence-electron chi connectivity index (χ0n) is 12.5. The fourth-order valence-corrected chi connectivity index (χ4v) is 2.75. The predicted molar refractivity (Wildman–Crippen MR) is 81.2 cm³/mol. The second-order valence-electron chi connectivity index (χ2n) is 5.36. The van der Waals surface area contributed by atoms with Crippen LogP contribution in [-0.4, -0.2) is 32.4 Å². The van der Waals surface area contributed by atoms with Crippen molar-refractivity contribution < 1.29 is 13.2 Å². The summed E-state index contributed by atoms with van der Waals surface area (Å²) in [4.78, 5) is 15.2. The molecule has 118 valence electrons. The lowest BCUT2D eigenvalue weighted by atomic mass is 9.93. The minimum absolute atomic E-state index is 0.0845. The minimum Gasteiger partial charge on any atom is -0.383 e. The average Bonchev–Trinajstić information content (AvgIpc) is 2.43. The van der Waals surface area contributed by atoms with Gasteiger partial charge in [-0.05, 0) is 32.4 Å². The van der Waals surface area contributed by atoms with E-state index in [4.69, 9.17) is 5.73 Å². The van der Waals surface area contributed by atoms with Crippen LogP contribution < -0.4 is 15.8 Å². The summed E-state index contributed by atoms with van der Waals surface area (Å²) in [5, 5.41) is 2.93. The normalized spacial score (nSPS) is 12.1. The van der Waals surface area contributed by atoms with Crippen LogP contribution in [0.15, 0.2) is 23.4 Å². The number of hydrogen-bond donors (Lipinski definition) is 3. The van der Waals surface area contributed by atoms with Crippen molar-refractivity contribution in [2.24, 2.45) is 11.1 Å². The number of nitrogens with zero attached hydrogens (tertiary/aromatic N) is 1. The molecule has 7 nitrogen and oxygen atoms in total. The maximum absolute atomic E-state index is 12.3. The maximum Gasteiger partial charge on any atom is 0.260 e. The van der Waals surface area contributed by atoms with E-state index in [1.807, 2.05) is 6.92 Å². The molecule has 0 saturated carbocycles. The van der Waals surface area contributed by atoms with Crippen molar-refractivity contribution in [2.75, 3.05) is 18.4 Å². The molecule has 1 heterocycles. The predicted octanol–water partition coefficient (Wildman–Crippen LogP) is 0.693. The lowest BCUT2D eigenvalue weighted by Gasteiger charge is -2.21. The van der Waals surface area contributed by atoms with Crippen LogP contribution in [0.4, 0.5) is 5.69 Å². The Morgan fingerprint density at radius 3 is 2.67 bits per heavy atom. The van der Waals surface area contributed by atoms with Gasteiger partial charge in [-0.3, -0.25) is 4.79 Å². The van der Waals surface area contributed by atoms with Gasteiger partial charge in [0.1, 0.15) is 0 Å². The number of hydrogen-bond acceptors (Lipinski definition) is 5. The van der Waals surface area contributed by atoms with E-state index in [0.717, 1.165) is 6.42 Å². The summed E-state index contributed by atoms with van der Waals surface area (Å²) < 4.78 is 27.0. The zero-order valence-corrected chi connectivity index (χ0v) is 13.3.